The summed E-state index contributed by atoms with van der Waals surface area (Å²) in [5.41, 5.74) is 0.0111. The number of carboxylic acid groups (broad SMARTS) is 1. The van der Waals surface area contributed by atoms with Gasteiger partial charge in [-0.25, -0.2) is 0 Å². The molecule has 1 aromatic rings. The molecule has 1 N–H and O–H groups in total. The molecule has 0 saturated carbocycles. The number of anilines is 1. The number of non-ortho nitro benzene ring substituents is 1. The number of aliphatic carboxylic acids is 1. The number of nitro groups is 1. The Morgan fingerprint density at radius 3 is 2.67 bits per heavy atom. The highest BCUT2D eigenvalue weighted by Gasteiger charge is 2.32. The van der Waals surface area contributed by atoms with E-state index in [1.165, 1.54) is 25.3 Å². The fourth-order valence-electron chi connectivity index (χ4n) is 2.51. The highest BCUT2D eigenvalue weighted by atomic mass is 35.5. The van der Waals surface area contributed by atoms with Gasteiger partial charge in [0.1, 0.15) is 5.75 Å². The van der Waals surface area contributed by atoms with Crippen molar-refractivity contribution < 1.29 is 24.4 Å². The van der Waals surface area contributed by atoms with E-state index < -0.39 is 28.6 Å². The molecule has 1 aromatic carbocycles. The van der Waals surface area contributed by atoms with Crippen molar-refractivity contribution in [2.24, 2.45) is 11.8 Å². The lowest BCUT2D eigenvalue weighted by Crippen LogP contribution is -2.42. The van der Waals surface area contributed by atoms with Gasteiger partial charge in [0.05, 0.1) is 29.7 Å². The molecule has 9 heteroatoms. The van der Waals surface area contributed by atoms with Crippen molar-refractivity contribution in [2.75, 3.05) is 12.4 Å². The van der Waals surface area contributed by atoms with Crippen LogP contribution in [-0.2, 0) is 9.59 Å². The zero-order valence-corrected chi connectivity index (χ0v) is 13.4. The van der Waals surface area contributed by atoms with Crippen LogP contribution in [0.15, 0.2) is 29.3 Å². The minimum Gasteiger partial charge on any atom is -0.550 e. The number of ether oxygens (including phenoxy) is 1. The molecular weight excluding hydrogens is 340 g/mol. The minimum absolute atomic E-state index is 0.0847. The molecular formula is C15H14ClN2O6-. The highest BCUT2D eigenvalue weighted by molar-refractivity contribution is 6.29. The fraction of sp³-hybridized carbons (Fsp3) is 0.333. The molecule has 0 aliphatic heterocycles. The number of hydrogen-bond donors (Lipinski definition) is 1. The molecule has 0 fully saturated rings. The predicted octanol–water partition coefficient (Wildman–Crippen LogP) is 1.44. The van der Waals surface area contributed by atoms with E-state index in [0.717, 1.165) is 0 Å². The van der Waals surface area contributed by atoms with E-state index in [4.69, 9.17) is 16.3 Å². The van der Waals surface area contributed by atoms with Crippen LogP contribution in [0.2, 0.25) is 0 Å². The van der Waals surface area contributed by atoms with Gasteiger partial charge in [0, 0.05) is 23.0 Å². The number of halogens is 1. The van der Waals surface area contributed by atoms with Crippen LogP contribution in [0.3, 0.4) is 0 Å². The fourth-order valence-corrected chi connectivity index (χ4v) is 2.77. The van der Waals surface area contributed by atoms with Gasteiger partial charge in [-0.1, -0.05) is 17.7 Å². The molecule has 2 atom stereocenters. The summed E-state index contributed by atoms with van der Waals surface area (Å²) in [5, 5.41) is 24.9. The molecule has 24 heavy (non-hydrogen) atoms. The first-order valence-electron chi connectivity index (χ1n) is 7.02. The van der Waals surface area contributed by atoms with E-state index >= 15 is 0 Å². The van der Waals surface area contributed by atoms with Gasteiger partial charge in [0.2, 0.25) is 5.91 Å². The first kappa shape index (κ1) is 17.7. The van der Waals surface area contributed by atoms with Gasteiger partial charge in [-0.05, 0) is 18.9 Å². The van der Waals surface area contributed by atoms with Gasteiger partial charge in [0.15, 0.2) is 0 Å². The number of benzene rings is 1. The zero-order chi connectivity index (χ0) is 17.9. The number of carbonyl (C=O) groups excluding carboxylic acids is 2. The van der Waals surface area contributed by atoms with Crippen LogP contribution in [0, 0.1) is 22.0 Å². The summed E-state index contributed by atoms with van der Waals surface area (Å²) < 4.78 is 5.03. The topological polar surface area (TPSA) is 122 Å². The van der Waals surface area contributed by atoms with Crippen LogP contribution < -0.4 is 15.2 Å². The number of nitrogens with zero attached hydrogens (tertiary/aromatic N) is 1. The van der Waals surface area contributed by atoms with Crippen molar-refractivity contribution in [3.8, 4) is 5.75 Å². The number of nitro benzene ring substituents is 1. The molecule has 1 aliphatic rings. The standard InChI is InChI=1S/C15H15ClN2O6/c1-24-13-7-9(18(22)23)3-5-12(13)17-14(19)11-6-8(16)2-4-10(11)15(20)21/h2-3,5,7,10-11H,4,6H2,1H3,(H,17,19)(H,20,21)/p-1/t10-,11-/m1/s1. The number of methoxy groups -OCH3 is 1. The van der Waals surface area contributed by atoms with Crippen molar-refractivity contribution in [1.29, 1.82) is 0 Å². The zero-order valence-electron chi connectivity index (χ0n) is 12.7. The van der Waals surface area contributed by atoms with E-state index in [9.17, 15) is 24.8 Å². The summed E-state index contributed by atoms with van der Waals surface area (Å²) >= 11 is 5.91. The Labute approximate surface area is 142 Å². The molecule has 0 bridgehead atoms. The van der Waals surface area contributed by atoms with Gasteiger partial charge in [-0.3, -0.25) is 14.9 Å². The number of nitrogens with one attached hydrogen (secondary N) is 1. The molecule has 128 valence electrons. The summed E-state index contributed by atoms with van der Waals surface area (Å²) in [6.45, 7) is 0. The Bertz CT molecular complexity index is 718. The number of rotatable bonds is 5. The Hall–Kier alpha value is -2.61. The highest BCUT2D eigenvalue weighted by Crippen LogP contribution is 2.34. The second-order valence-corrected chi connectivity index (χ2v) is 5.74. The Kier molecular flexibility index (Phi) is 5.40. The summed E-state index contributed by atoms with van der Waals surface area (Å²) in [6.07, 6.45) is 1.75. The molecule has 1 aliphatic carbocycles. The van der Waals surface area contributed by atoms with Crippen molar-refractivity contribution in [3.05, 3.63) is 39.4 Å². The van der Waals surface area contributed by atoms with E-state index in [1.807, 2.05) is 0 Å². The lowest BCUT2D eigenvalue weighted by molar-refractivity contribution is -0.384. The molecule has 0 unspecified atom stereocenters. The monoisotopic (exact) mass is 353 g/mol. The summed E-state index contributed by atoms with van der Waals surface area (Å²) in [7, 11) is 1.30. The normalized spacial score (nSPS) is 20.0. The first-order valence-corrected chi connectivity index (χ1v) is 7.40. The largest absolute Gasteiger partial charge is 0.550 e. The van der Waals surface area contributed by atoms with Crippen LogP contribution in [-0.4, -0.2) is 23.9 Å². The predicted molar refractivity (Wildman–Crippen MR) is 83.4 cm³/mol. The maximum atomic E-state index is 12.4. The van der Waals surface area contributed by atoms with Gasteiger partial charge < -0.3 is 20.0 Å². The number of amides is 1. The van der Waals surface area contributed by atoms with Crippen molar-refractivity contribution in [1.82, 2.24) is 0 Å². The van der Waals surface area contributed by atoms with Crippen molar-refractivity contribution in [3.63, 3.8) is 0 Å². The second-order valence-electron chi connectivity index (χ2n) is 5.25. The quantitative estimate of drug-likeness (QED) is 0.631. The summed E-state index contributed by atoms with van der Waals surface area (Å²) in [5.74, 6) is -3.68. The molecule has 0 radical (unpaired) electrons. The van der Waals surface area contributed by atoms with Gasteiger partial charge in [-0.15, -0.1) is 0 Å². The average Bonchev–Trinajstić information content (AvgIpc) is 2.54. The Morgan fingerprint density at radius 1 is 1.38 bits per heavy atom. The number of carboxylic acids is 1. The molecule has 2 rings (SSSR count). The van der Waals surface area contributed by atoms with Crippen LogP contribution in [0.4, 0.5) is 11.4 Å². The van der Waals surface area contributed by atoms with Crippen LogP contribution in [0.5, 0.6) is 5.75 Å². The van der Waals surface area contributed by atoms with Crippen molar-refractivity contribution in [2.45, 2.75) is 12.8 Å². The molecule has 1 amide bonds. The molecule has 0 aromatic heterocycles. The third-order valence-corrected chi connectivity index (χ3v) is 4.10. The third kappa shape index (κ3) is 3.83. The smallest absolute Gasteiger partial charge is 0.273 e. The Morgan fingerprint density at radius 2 is 2.08 bits per heavy atom. The number of allylic oxidation sites excluding steroid dienone is 2. The molecule has 0 heterocycles. The maximum absolute atomic E-state index is 12.4. The first-order chi connectivity index (χ1) is 11.3. The number of carbonyl (C=O) groups is 2. The van der Waals surface area contributed by atoms with Crippen LogP contribution in [0.25, 0.3) is 0 Å². The summed E-state index contributed by atoms with van der Waals surface area (Å²) in [6, 6.07) is 3.70. The number of hydrogen-bond acceptors (Lipinski definition) is 6. The summed E-state index contributed by atoms with van der Waals surface area (Å²) in [4.78, 5) is 33.8. The SMILES string of the molecule is COc1cc([N+](=O)[O-])ccc1NC(=O)[C@@H]1CC(Cl)=CC[C@H]1C(=O)[O-]. The van der Waals surface area contributed by atoms with Gasteiger partial charge in [-0.2, -0.15) is 0 Å². The average molecular weight is 354 g/mol. The molecule has 0 saturated heterocycles. The van der Waals surface area contributed by atoms with Gasteiger partial charge >= 0.3 is 0 Å². The van der Waals surface area contributed by atoms with Gasteiger partial charge in [0.25, 0.3) is 5.69 Å². The van der Waals surface area contributed by atoms with E-state index in [2.05, 4.69) is 5.32 Å². The van der Waals surface area contributed by atoms with Crippen LogP contribution in [0.1, 0.15) is 12.8 Å². The third-order valence-electron chi connectivity index (χ3n) is 3.79. The lowest BCUT2D eigenvalue weighted by atomic mass is 9.82. The van der Waals surface area contributed by atoms with E-state index in [0.29, 0.717) is 5.03 Å². The second kappa shape index (κ2) is 7.31. The lowest BCUT2D eigenvalue weighted by Gasteiger charge is -2.29. The minimum atomic E-state index is -1.33. The van der Waals surface area contributed by atoms with Crippen LogP contribution >= 0.6 is 11.6 Å². The maximum Gasteiger partial charge on any atom is 0.273 e. The Balaban J connectivity index is 2.23. The molecule has 0 spiro atoms. The van der Waals surface area contributed by atoms with E-state index in [1.54, 1.807) is 6.08 Å². The van der Waals surface area contributed by atoms with Crippen molar-refractivity contribution >= 4 is 34.9 Å². The molecule has 8 nitrogen and oxygen atoms in total. The van der Waals surface area contributed by atoms with E-state index in [-0.39, 0.29) is 30.0 Å².